The van der Waals surface area contributed by atoms with Gasteiger partial charge in [-0.2, -0.15) is 5.10 Å². The van der Waals surface area contributed by atoms with Crippen molar-refractivity contribution in [1.29, 1.82) is 0 Å². The van der Waals surface area contributed by atoms with E-state index >= 15 is 0 Å². The van der Waals surface area contributed by atoms with E-state index in [-0.39, 0.29) is 35.3 Å². The standard InChI is InChI=1S/C23H21F3N4O2.ClH/c24-14-1-4-16-17(7-14)22(31)29-28-21(16)6-13-5-18(20(26)8-19(13)25)23(32)30-10-12(11-30)9-27-15-2-3-15;/h1,4-5,7-8,12,15,27H,2-3,6,9-11H2,(H,29,31);1H. The van der Waals surface area contributed by atoms with E-state index in [1.54, 1.807) is 4.90 Å². The smallest absolute Gasteiger partial charge is 0.272 e. The number of rotatable bonds is 6. The van der Waals surface area contributed by atoms with Crippen LogP contribution in [0.1, 0.15) is 34.5 Å². The van der Waals surface area contributed by atoms with Crippen LogP contribution < -0.4 is 10.9 Å². The highest BCUT2D eigenvalue weighted by Crippen LogP contribution is 2.26. The topological polar surface area (TPSA) is 78.1 Å². The van der Waals surface area contributed by atoms with Crippen molar-refractivity contribution >= 4 is 29.1 Å². The minimum atomic E-state index is -0.919. The monoisotopic (exact) mass is 478 g/mol. The maximum Gasteiger partial charge on any atom is 0.272 e. The van der Waals surface area contributed by atoms with E-state index in [4.69, 9.17) is 0 Å². The van der Waals surface area contributed by atoms with Crippen molar-refractivity contribution in [2.24, 2.45) is 5.92 Å². The van der Waals surface area contributed by atoms with Gasteiger partial charge in [0.25, 0.3) is 11.5 Å². The molecule has 1 aliphatic carbocycles. The number of hydrogen-bond acceptors (Lipinski definition) is 4. The third-order valence-corrected chi connectivity index (χ3v) is 6.07. The molecule has 0 spiro atoms. The van der Waals surface area contributed by atoms with Crippen molar-refractivity contribution in [3.05, 3.63) is 75.0 Å². The number of nitrogens with one attached hydrogen (secondary N) is 2. The molecule has 10 heteroatoms. The summed E-state index contributed by atoms with van der Waals surface area (Å²) in [6, 6.07) is 6.14. The normalized spacial score (nSPS) is 15.9. The Morgan fingerprint density at radius 1 is 1.09 bits per heavy atom. The third-order valence-electron chi connectivity index (χ3n) is 6.07. The van der Waals surface area contributed by atoms with Crippen LogP contribution in [0.5, 0.6) is 0 Å². The van der Waals surface area contributed by atoms with Gasteiger partial charge in [0.15, 0.2) is 0 Å². The van der Waals surface area contributed by atoms with Gasteiger partial charge in [0, 0.05) is 49.5 Å². The number of H-pyrrole nitrogens is 1. The molecule has 0 bridgehead atoms. The summed E-state index contributed by atoms with van der Waals surface area (Å²) in [6.07, 6.45) is 2.28. The molecule has 0 unspecified atom stereocenters. The summed E-state index contributed by atoms with van der Waals surface area (Å²) >= 11 is 0. The van der Waals surface area contributed by atoms with Crippen LogP contribution in [0.4, 0.5) is 13.2 Å². The molecule has 2 N–H and O–H groups in total. The van der Waals surface area contributed by atoms with E-state index < -0.39 is 28.9 Å². The molecule has 1 aromatic heterocycles. The van der Waals surface area contributed by atoms with Crippen LogP contribution >= 0.6 is 12.4 Å². The summed E-state index contributed by atoms with van der Waals surface area (Å²) in [5.41, 5.74) is -0.414. The molecule has 2 aliphatic rings. The van der Waals surface area contributed by atoms with E-state index in [2.05, 4.69) is 15.5 Å². The van der Waals surface area contributed by atoms with E-state index in [9.17, 15) is 22.8 Å². The molecule has 1 saturated heterocycles. The van der Waals surface area contributed by atoms with Gasteiger partial charge in [0.05, 0.1) is 16.6 Å². The van der Waals surface area contributed by atoms with Gasteiger partial charge in [-0.1, -0.05) is 0 Å². The van der Waals surface area contributed by atoms with Crippen molar-refractivity contribution in [2.45, 2.75) is 25.3 Å². The number of fused-ring (bicyclic) bond motifs is 1. The van der Waals surface area contributed by atoms with Crippen LogP contribution in [0.25, 0.3) is 10.8 Å². The molecule has 1 amide bonds. The fraction of sp³-hybridized carbons (Fsp3) is 0.348. The quantitative estimate of drug-likeness (QED) is 0.570. The van der Waals surface area contributed by atoms with Crippen molar-refractivity contribution < 1.29 is 18.0 Å². The van der Waals surface area contributed by atoms with Crippen molar-refractivity contribution in [3.63, 3.8) is 0 Å². The lowest BCUT2D eigenvalue weighted by Crippen LogP contribution is -2.53. The molecule has 3 aromatic rings. The Hall–Kier alpha value is -2.91. The summed E-state index contributed by atoms with van der Waals surface area (Å²) in [4.78, 5) is 26.3. The maximum absolute atomic E-state index is 14.5. The zero-order valence-corrected chi connectivity index (χ0v) is 18.4. The Morgan fingerprint density at radius 2 is 1.85 bits per heavy atom. The molecule has 0 atom stereocenters. The second-order valence-corrected chi connectivity index (χ2v) is 8.55. The van der Waals surface area contributed by atoms with Crippen LogP contribution in [0.3, 0.4) is 0 Å². The second kappa shape index (κ2) is 9.15. The van der Waals surface area contributed by atoms with Crippen LogP contribution in [-0.2, 0) is 6.42 Å². The summed E-state index contributed by atoms with van der Waals surface area (Å²) < 4.78 is 42.5. The summed E-state index contributed by atoms with van der Waals surface area (Å²) in [5, 5.41) is 10.1. The lowest BCUT2D eigenvalue weighted by Gasteiger charge is -2.39. The van der Waals surface area contributed by atoms with E-state index in [1.165, 1.54) is 31.0 Å². The zero-order chi connectivity index (χ0) is 22.4. The molecular weight excluding hydrogens is 457 g/mol. The highest BCUT2D eigenvalue weighted by molar-refractivity contribution is 5.95. The van der Waals surface area contributed by atoms with Gasteiger partial charge in [-0.25, -0.2) is 18.3 Å². The van der Waals surface area contributed by atoms with Crippen molar-refractivity contribution in [1.82, 2.24) is 20.4 Å². The molecule has 6 nitrogen and oxygen atoms in total. The fourth-order valence-electron chi connectivity index (χ4n) is 4.06. The number of amides is 1. The summed E-state index contributed by atoms with van der Waals surface area (Å²) in [6.45, 7) is 1.89. The number of hydrogen-bond donors (Lipinski definition) is 2. The molecule has 5 rings (SSSR count). The van der Waals surface area contributed by atoms with Gasteiger partial charge in [-0.3, -0.25) is 9.59 Å². The number of likely N-dealkylation sites (tertiary alicyclic amines) is 1. The minimum Gasteiger partial charge on any atom is -0.338 e. The Bertz CT molecular complexity index is 1270. The van der Waals surface area contributed by atoms with Gasteiger partial charge in [-0.05, 0) is 42.7 Å². The molecule has 2 fully saturated rings. The number of halogens is 4. The highest BCUT2D eigenvalue weighted by Gasteiger charge is 2.34. The van der Waals surface area contributed by atoms with E-state index in [0.717, 1.165) is 12.6 Å². The highest BCUT2D eigenvalue weighted by atomic mass is 35.5. The number of aromatic nitrogens is 2. The van der Waals surface area contributed by atoms with Gasteiger partial charge >= 0.3 is 0 Å². The molecule has 0 radical (unpaired) electrons. The molecule has 1 saturated carbocycles. The van der Waals surface area contributed by atoms with E-state index in [1.807, 2.05) is 0 Å². The van der Waals surface area contributed by atoms with E-state index in [0.29, 0.717) is 42.2 Å². The Morgan fingerprint density at radius 3 is 2.58 bits per heavy atom. The minimum absolute atomic E-state index is 0. The zero-order valence-electron chi connectivity index (χ0n) is 17.5. The molecule has 174 valence electrons. The molecule has 1 aliphatic heterocycles. The Labute approximate surface area is 193 Å². The van der Waals surface area contributed by atoms with Crippen molar-refractivity contribution in [3.8, 4) is 0 Å². The predicted octanol–water partition coefficient (Wildman–Crippen LogP) is 3.18. The average molecular weight is 479 g/mol. The maximum atomic E-state index is 14.5. The molecule has 2 aromatic carbocycles. The number of nitrogens with zero attached hydrogens (tertiary/aromatic N) is 2. The summed E-state index contributed by atoms with van der Waals surface area (Å²) in [7, 11) is 0. The van der Waals surface area contributed by atoms with Crippen LogP contribution in [0, 0.1) is 23.4 Å². The fourth-order valence-corrected chi connectivity index (χ4v) is 4.06. The van der Waals surface area contributed by atoms with Crippen molar-refractivity contribution in [2.75, 3.05) is 19.6 Å². The summed E-state index contributed by atoms with van der Waals surface area (Å²) in [5.74, 6) is -2.47. The number of aromatic amines is 1. The second-order valence-electron chi connectivity index (χ2n) is 8.55. The van der Waals surface area contributed by atoms with Gasteiger partial charge < -0.3 is 10.2 Å². The Balaban J connectivity index is 0.00000259. The average Bonchev–Trinajstić information content (AvgIpc) is 3.55. The van der Waals surface area contributed by atoms with Crippen LogP contribution in [-0.4, -0.2) is 46.7 Å². The first-order valence-electron chi connectivity index (χ1n) is 10.6. The first-order valence-corrected chi connectivity index (χ1v) is 10.6. The molecular formula is C23H22ClF3N4O2. The number of benzene rings is 2. The van der Waals surface area contributed by atoms with Crippen LogP contribution in [0.2, 0.25) is 0 Å². The van der Waals surface area contributed by atoms with Crippen LogP contribution in [0.15, 0.2) is 35.1 Å². The van der Waals surface area contributed by atoms with Gasteiger partial charge in [0.2, 0.25) is 0 Å². The van der Waals surface area contributed by atoms with Gasteiger partial charge in [0.1, 0.15) is 17.5 Å². The Kier molecular flexibility index (Phi) is 6.45. The predicted molar refractivity (Wildman–Crippen MR) is 119 cm³/mol. The number of carbonyl (C=O) groups excluding carboxylic acids is 1. The first kappa shape index (κ1) is 23.3. The number of carbonyl (C=O) groups is 1. The van der Waals surface area contributed by atoms with Gasteiger partial charge in [-0.15, -0.1) is 12.4 Å². The molecule has 2 heterocycles. The SMILES string of the molecule is Cl.O=C(c1cc(Cc2n[nH]c(=O)c3cc(F)ccc23)c(F)cc1F)N1CC(CNC2CC2)C1. The first-order chi connectivity index (χ1) is 15.4. The third kappa shape index (κ3) is 4.74. The largest absolute Gasteiger partial charge is 0.338 e. The molecule has 33 heavy (non-hydrogen) atoms. The lowest BCUT2D eigenvalue weighted by atomic mass is 9.97. The lowest BCUT2D eigenvalue weighted by molar-refractivity contribution is 0.0495.